The monoisotopic (exact) mass is 530 g/mol. The first-order valence-electron chi connectivity index (χ1n) is 10.1. The third kappa shape index (κ3) is 4.43. The summed E-state index contributed by atoms with van der Waals surface area (Å²) in [4.78, 5) is 31.4. The van der Waals surface area contributed by atoms with E-state index in [0.29, 0.717) is 42.0 Å². The van der Waals surface area contributed by atoms with Crippen molar-refractivity contribution in [2.75, 3.05) is 13.7 Å². The number of thiazole rings is 1. The van der Waals surface area contributed by atoms with Crippen LogP contribution >= 0.6 is 27.3 Å². The Hall–Kier alpha value is -3.04. The molecule has 1 aromatic heterocycles. The number of esters is 1. The highest BCUT2D eigenvalue weighted by Gasteiger charge is 2.33. The van der Waals surface area contributed by atoms with Gasteiger partial charge >= 0.3 is 5.97 Å². The fraction of sp³-hybridized carbons (Fsp3) is 0.208. The Labute approximate surface area is 201 Å². The number of fused-ring (bicyclic) bond motifs is 1. The summed E-state index contributed by atoms with van der Waals surface area (Å²) >= 11 is 4.67. The van der Waals surface area contributed by atoms with E-state index >= 15 is 0 Å². The average Bonchev–Trinajstić information content (AvgIpc) is 3.07. The lowest BCUT2D eigenvalue weighted by atomic mass is 9.96. The molecule has 0 fully saturated rings. The van der Waals surface area contributed by atoms with Gasteiger partial charge in [-0.15, -0.1) is 0 Å². The standard InChI is InChI=1S/C24H20BrFN2O4S/c1-4-32-23(30)20-13(2)27-24-28(21(20)15-8-9-18(31-3)17(25)12-15)22(29)19(33-24)11-14-6-5-7-16(26)10-14/h5-12,21H,4H2,1-3H3/b19-11-/t21-/m1/s1. The predicted octanol–water partition coefficient (Wildman–Crippen LogP) is 3.71. The zero-order valence-electron chi connectivity index (χ0n) is 18.1. The highest BCUT2D eigenvalue weighted by molar-refractivity contribution is 9.10. The number of benzene rings is 2. The molecule has 2 aromatic carbocycles. The molecule has 6 nitrogen and oxygen atoms in total. The minimum atomic E-state index is -0.739. The second-order valence-corrected chi connectivity index (χ2v) is 9.11. The number of allylic oxidation sites excluding steroid dienone is 1. The molecule has 33 heavy (non-hydrogen) atoms. The van der Waals surface area contributed by atoms with Gasteiger partial charge in [0.2, 0.25) is 0 Å². The van der Waals surface area contributed by atoms with E-state index in [4.69, 9.17) is 9.47 Å². The summed E-state index contributed by atoms with van der Waals surface area (Å²) in [6.07, 6.45) is 1.62. The van der Waals surface area contributed by atoms with Crippen LogP contribution in [-0.4, -0.2) is 24.3 Å². The van der Waals surface area contributed by atoms with E-state index < -0.39 is 17.8 Å². The number of hydrogen-bond acceptors (Lipinski definition) is 6. The van der Waals surface area contributed by atoms with Gasteiger partial charge in [-0.2, -0.15) is 0 Å². The summed E-state index contributed by atoms with van der Waals surface area (Å²) < 4.78 is 26.8. The predicted molar refractivity (Wildman–Crippen MR) is 127 cm³/mol. The molecule has 1 aliphatic rings. The van der Waals surface area contributed by atoms with Crippen molar-refractivity contribution in [3.63, 3.8) is 0 Å². The van der Waals surface area contributed by atoms with Gasteiger partial charge in [-0.1, -0.05) is 29.5 Å². The highest BCUT2D eigenvalue weighted by Crippen LogP contribution is 2.34. The maximum absolute atomic E-state index is 13.7. The molecule has 2 heterocycles. The minimum Gasteiger partial charge on any atom is -0.496 e. The molecule has 0 amide bonds. The summed E-state index contributed by atoms with van der Waals surface area (Å²) in [6.45, 7) is 3.64. The second kappa shape index (κ2) is 9.44. The van der Waals surface area contributed by atoms with Crippen molar-refractivity contribution in [1.82, 2.24) is 4.57 Å². The van der Waals surface area contributed by atoms with Gasteiger partial charge in [-0.05, 0) is 71.2 Å². The topological polar surface area (TPSA) is 69.9 Å². The number of aromatic nitrogens is 1. The summed E-state index contributed by atoms with van der Waals surface area (Å²) in [5.41, 5.74) is 1.69. The number of ether oxygens (including phenoxy) is 2. The Morgan fingerprint density at radius 2 is 2.09 bits per heavy atom. The van der Waals surface area contributed by atoms with Crippen molar-refractivity contribution in [2.24, 2.45) is 4.99 Å². The highest BCUT2D eigenvalue weighted by atomic mass is 79.9. The third-order valence-electron chi connectivity index (χ3n) is 5.16. The number of halogens is 2. The molecule has 9 heteroatoms. The summed E-state index contributed by atoms with van der Waals surface area (Å²) in [6, 6.07) is 10.6. The van der Waals surface area contributed by atoms with Gasteiger partial charge in [-0.3, -0.25) is 9.36 Å². The van der Waals surface area contributed by atoms with Crippen LogP contribution < -0.4 is 19.6 Å². The Morgan fingerprint density at radius 3 is 2.76 bits per heavy atom. The van der Waals surface area contributed by atoms with Crippen molar-refractivity contribution >= 4 is 39.3 Å². The van der Waals surface area contributed by atoms with Crippen LogP contribution in [0.4, 0.5) is 4.39 Å². The van der Waals surface area contributed by atoms with Gasteiger partial charge in [-0.25, -0.2) is 14.2 Å². The van der Waals surface area contributed by atoms with Crippen LogP contribution in [0.2, 0.25) is 0 Å². The lowest BCUT2D eigenvalue weighted by molar-refractivity contribution is -0.139. The molecule has 0 aliphatic carbocycles. The largest absolute Gasteiger partial charge is 0.496 e. The van der Waals surface area contributed by atoms with E-state index in [1.54, 1.807) is 51.3 Å². The van der Waals surface area contributed by atoms with Gasteiger partial charge in [0, 0.05) is 0 Å². The number of nitrogens with zero attached hydrogens (tertiary/aromatic N) is 2. The maximum atomic E-state index is 13.7. The van der Waals surface area contributed by atoms with Crippen molar-refractivity contribution in [3.05, 3.63) is 94.8 Å². The normalized spacial score (nSPS) is 15.8. The zero-order chi connectivity index (χ0) is 23.7. The fourth-order valence-corrected chi connectivity index (χ4v) is 5.31. The van der Waals surface area contributed by atoms with Gasteiger partial charge in [0.1, 0.15) is 11.6 Å². The van der Waals surface area contributed by atoms with E-state index in [1.807, 2.05) is 6.07 Å². The molecule has 0 spiro atoms. The van der Waals surface area contributed by atoms with Crippen LogP contribution in [0.15, 0.2) is 68.0 Å². The van der Waals surface area contributed by atoms with Crippen LogP contribution in [0.5, 0.6) is 5.75 Å². The van der Waals surface area contributed by atoms with Gasteiger partial charge < -0.3 is 9.47 Å². The Bertz CT molecular complexity index is 1460. The van der Waals surface area contributed by atoms with E-state index in [1.165, 1.54) is 28.0 Å². The first-order valence-corrected chi connectivity index (χ1v) is 11.7. The molecule has 0 bridgehead atoms. The van der Waals surface area contributed by atoms with E-state index in [-0.39, 0.29) is 12.2 Å². The molecule has 0 radical (unpaired) electrons. The second-order valence-electron chi connectivity index (χ2n) is 7.25. The summed E-state index contributed by atoms with van der Waals surface area (Å²) in [5, 5.41) is 0. The molecule has 0 N–H and O–H groups in total. The van der Waals surface area contributed by atoms with Gasteiger partial charge in [0.25, 0.3) is 5.56 Å². The fourth-order valence-electron chi connectivity index (χ4n) is 3.71. The quantitative estimate of drug-likeness (QED) is 0.471. The first kappa shape index (κ1) is 23.1. The maximum Gasteiger partial charge on any atom is 0.338 e. The number of methoxy groups -OCH3 is 1. The minimum absolute atomic E-state index is 0.193. The molecule has 170 valence electrons. The van der Waals surface area contributed by atoms with Crippen LogP contribution in [0.1, 0.15) is 31.0 Å². The molecule has 4 rings (SSSR count). The molecular weight excluding hydrogens is 511 g/mol. The van der Waals surface area contributed by atoms with E-state index in [9.17, 15) is 14.0 Å². The number of carbonyl (C=O) groups is 1. The van der Waals surface area contributed by atoms with Crippen LogP contribution in [0.25, 0.3) is 6.08 Å². The van der Waals surface area contributed by atoms with Crippen molar-refractivity contribution in [1.29, 1.82) is 0 Å². The first-order chi connectivity index (χ1) is 15.8. The summed E-state index contributed by atoms with van der Waals surface area (Å²) in [5.74, 6) is -0.302. The number of rotatable bonds is 5. The molecular formula is C24H20BrFN2O4S. The zero-order valence-corrected chi connectivity index (χ0v) is 20.5. The van der Waals surface area contributed by atoms with E-state index in [2.05, 4.69) is 20.9 Å². The average molecular weight is 531 g/mol. The molecule has 0 saturated carbocycles. The molecule has 3 aromatic rings. The van der Waals surface area contributed by atoms with Crippen LogP contribution in [0.3, 0.4) is 0 Å². The third-order valence-corrected chi connectivity index (χ3v) is 6.76. The number of hydrogen-bond donors (Lipinski definition) is 0. The van der Waals surface area contributed by atoms with Gasteiger partial charge in [0.05, 0.1) is 40.0 Å². The Morgan fingerprint density at radius 1 is 1.30 bits per heavy atom. The van der Waals surface area contributed by atoms with Crippen LogP contribution in [0, 0.1) is 5.82 Å². The van der Waals surface area contributed by atoms with Crippen molar-refractivity contribution in [3.8, 4) is 5.75 Å². The van der Waals surface area contributed by atoms with Crippen LogP contribution in [-0.2, 0) is 9.53 Å². The molecule has 1 aliphatic heterocycles. The Balaban J connectivity index is 1.97. The smallest absolute Gasteiger partial charge is 0.338 e. The van der Waals surface area contributed by atoms with Gasteiger partial charge in [0.15, 0.2) is 4.80 Å². The molecule has 0 unspecified atom stereocenters. The van der Waals surface area contributed by atoms with Crippen molar-refractivity contribution in [2.45, 2.75) is 19.9 Å². The summed E-state index contributed by atoms with van der Waals surface area (Å²) in [7, 11) is 1.56. The molecule has 0 saturated heterocycles. The molecule has 1 atom stereocenters. The SMILES string of the molecule is CCOC(=O)C1=C(C)N=c2s/c(=C\c3cccc(F)c3)c(=O)n2[C@@H]1c1ccc(OC)c(Br)c1. The lowest BCUT2D eigenvalue weighted by Crippen LogP contribution is -2.39. The Kier molecular flexibility index (Phi) is 6.62. The number of carbonyl (C=O) groups excluding carboxylic acids is 1. The van der Waals surface area contributed by atoms with E-state index in [0.717, 1.165) is 0 Å². The van der Waals surface area contributed by atoms with Crippen molar-refractivity contribution < 1.29 is 18.7 Å². The lowest BCUT2D eigenvalue weighted by Gasteiger charge is -2.25.